The number of carbonyl (C=O) groups excluding carboxylic acids is 1. The van der Waals surface area contributed by atoms with E-state index in [2.05, 4.69) is 11.4 Å². The smallest absolute Gasteiger partial charge is 0.240 e. The Morgan fingerprint density at radius 3 is 2.50 bits per heavy atom. The molecule has 0 radical (unpaired) electrons. The van der Waals surface area contributed by atoms with E-state index >= 15 is 0 Å². The number of benzene rings is 1. The standard InChI is InChI=1S/C15H18N2O/c16-12-15(9-5-2-6-10-15)14(18)17-11-13-7-3-1-4-8-13/h1,3-4,7-8H,2,5-6,9-11H2,(H,17,18). The Morgan fingerprint density at radius 1 is 1.22 bits per heavy atom. The van der Waals surface area contributed by atoms with E-state index < -0.39 is 5.41 Å². The highest BCUT2D eigenvalue weighted by atomic mass is 16.2. The van der Waals surface area contributed by atoms with Crippen LogP contribution in [-0.2, 0) is 11.3 Å². The predicted octanol–water partition coefficient (Wildman–Crippen LogP) is 2.78. The maximum Gasteiger partial charge on any atom is 0.240 e. The third-order valence-corrected chi connectivity index (χ3v) is 3.65. The van der Waals surface area contributed by atoms with Crippen LogP contribution in [0, 0.1) is 16.7 Å². The van der Waals surface area contributed by atoms with Crippen molar-refractivity contribution in [1.82, 2.24) is 5.32 Å². The summed E-state index contributed by atoms with van der Waals surface area (Å²) in [4.78, 5) is 12.2. The first kappa shape index (κ1) is 12.6. The number of amides is 1. The third kappa shape index (κ3) is 2.70. The fourth-order valence-electron chi connectivity index (χ4n) is 2.49. The third-order valence-electron chi connectivity index (χ3n) is 3.65. The van der Waals surface area contributed by atoms with Crippen LogP contribution in [0.25, 0.3) is 0 Å². The van der Waals surface area contributed by atoms with E-state index in [4.69, 9.17) is 0 Å². The van der Waals surface area contributed by atoms with E-state index in [9.17, 15) is 10.1 Å². The van der Waals surface area contributed by atoms with E-state index in [1.165, 1.54) is 0 Å². The van der Waals surface area contributed by atoms with Gasteiger partial charge in [0.2, 0.25) is 5.91 Å². The largest absolute Gasteiger partial charge is 0.351 e. The topological polar surface area (TPSA) is 52.9 Å². The molecule has 1 fully saturated rings. The molecule has 0 aliphatic heterocycles. The van der Waals surface area contributed by atoms with Gasteiger partial charge < -0.3 is 5.32 Å². The van der Waals surface area contributed by atoms with Crippen molar-refractivity contribution in [3.63, 3.8) is 0 Å². The maximum absolute atomic E-state index is 12.2. The second kappa shape index (κ2) is 5.68. The van der Waals surface area contributed by atoms with Crippen LogP contribution in [0.15, 0.2) is 30.3 Å². The Morgan fingerprint density at radius 2 is 1.89 bits per heavy atom. The molecule has 0 spiro atoms. The molecule has 1 saturated carbocycles. The summed E-state index contributed by atoms with van der Waals surface area (Å²) in [5.41, 5.74) is 0.280. The summed E-state index contributed by atoms with van der Waals surface area (Å²) in [5.74, 6) is -0.103. The molecule has 0 saturated heterocycles. The molecule has 1 N–H and O–H groups in total. The van der Waals surface area contributed by atoms with Crippen molar-refractivity contribution in [3.8, 4) is 6.07 Å². The number of nitriles is 1. The van der Waals surface area contributed by atoms with Gasteiger partial charge in [-0.3, -0.25) is 4.79 Å². The van der Waals surface area contributed by atoms with Crippen LogP contribution >= 0.6 is 0 Å². The zero-order chi connectivity index (χ0) is 12.8. The summed E-state index contributed by atoms with van der Waals surface area (Å²) in [6, 6.07) is 12.0. The lowest BCUT2D eigenvalue weighted by atomic mass is 9.74. The fraction of sp³-hybridized carbons (Fsp3) is 0.467. The lowest BCUT2D eigenvalue weighted by Crippen LogP contribution is -2.41. The molecule has 3 heteroatoms. The summed E-state index contributed by atoms with van der Waals surface area (Å²) < 4.78 is 0. The van der Waals surface area contributed by atoms with Crippen molar-refractivity contribution in [2.45, 2.75) is 38.6 Å². The van der Waals surface area contributed by atoms with Gasteiger partial charge in [-0.15, -0.1) is 0 Å². The first-order chi connectivity index (χ1) is 8.77. The van der Waals surface area contributed by atoms with Crippen molar-refractivity contribution in [3.05, 3.63) is 35.9 Å². The highest BCUT2D eigenvalue weighted by Gasteiger charge is 2.39. The Kier molecular flexibility index (Phi) is 3.99. The fourth-order valence-corrected chi connectivity index (χ4v) is 2.49. The van der Waals surface area contributed by atoms with Gasteiger partial charge >= 0.3 is 0 Å². The van der Waals surface area contributed by atoms with Gasteiger partial charge in [0.25, 0.3) is 0 Å². The molecular formula is C15H18N2O. The summed E-state index contributed by atoms with van der Waals surface area (Å²) in [5, 5.41) is 12.2. The molecule has 0 heterocycles. The molecule has 94 valence electrons. The molecule has 1 aromatic carbocycles. The van der Waals surface area contributed by atoms with Crippen LogP contribution in [0.3, 0.4) is 0 Å². The first-order valence-electron chi connectivity index (χ1n) is 6.50. The number of nitrogens with zero attached hydrogens (tertiary/aromatic N) is 1. The van der Waals surface area contributed by atoms with Gasteiger partial charge in [0.1, 0.15) is 5.41 Å². The van der Waals surface area contributed by atoms with Crippen LogP contribution in [0.1, 0.15) is 37.7 Å². The monoisotopic (exact) mass is 242 g/mol. The van der Waals surface area contributed by atoms with Gasteiger partial charge in [-0.1, -0.05) is 49.6 Å². The van der Waals surface area contributed by atoms with E-state index in [-0.39, 0.29) is 5.91 Å². The summed E-state index contributed by atoms with van der Waals surface area (Å²) in [7, 11) is 0. The number of hydrogen-bond donors (Lipinski definition) is 1. The van der Waals surface area contributed by atoms with Crippen LogP contribution in [-0.4, -0.2) is 5.91 Å². The minimum Gasteiger partial charge on any atom is -0.351 e. The lowest BCUT2D eigenvalue weighted by Gasteiger charge is -2.29. The molecule has 0 unspecified atom stereocenters. The average Bonchev–Trinajstić information content (AvgIpc) is 2.46. The van der Waals surface area contributed by atoms with E-state index in [1.807, 2.05) is 30.3 Å². The van der Waals surface area contributed by atoms with Gasteiger partial charge in [0.05, 0.1) is 6.07 Å². The summed E-state index contributed by atoms with van der Waals surface area (Å²) in [6.45, 7) is 0.503. The molecular weight excluding hydrogens is 224 g/mol. The zero-order valence-corrected chi connectivity index (χ0v) is 10.5. The Hall–Kier alpha value is -1.82. The average molecular weight is 242 g/mol. The van der Waals surface area contributed by atoms with Crippen LogP contribution in [0.5, 0.6) is 0 Å². The second-order valence-electron chi connectivity index (χ2n) is 4.92. The van der Waals surface area contributed by atoms with Crippen molar-refractivity contribution < 1.29 is 4.79 Å². The predicted molar refractivity (Wildman–Crippen MR) is 69.4 cm³/mol. The Labute approximate surface area is 108 Å². The summed E-state index contributed by atoms with van der Waals surface area (Å²) >= 11 is 0. The van der Waals surface area contributed by atoms with Crippen molar-refractivity contribution in [1.29, 1.82) is 5.26 Å². The van der Waals surface area contributed by atoms with E-state index in [1.54, 1.807) is 0 Å². The normalized spacial score (nSPS) is 17.7. The van der Waals surface area contributed by atoms with Gasteiger partial charge in [-0.25, -0.2) is 0 Å². The zero-order valence-electron chi connectivity index (χ0n) is 10.5. The van der Waals surface area contributed by atoms with Crippen LogP contribution < -0.4 is 5.32 Å². The number of hydrogen-bond acceptors (Lipinski definition) is 2. The molecule has 1 aliphatic carbocycles. The lowest BCUT2D eigenvalue weighted by molar-refractivity contribution is -0.129. The number of rotatable bonds is 3. The van der Waals surface area contributed by atoms with Crippen LogP contribution in [0.4, 0.5) is 0 Å². The minimum absolute atomic E-state index is 0.103. The van der Waals surface area contributed by atoms with Gasteiger partial charge in [-0.05, 0) is 18.4 Å². The molecule has 0 atom stereocenters. The number of nitrogens with one attached hydrogen (secondary N) is 1. The van der Waals surface area contributed by atoms with Crippen molar-refractivity contribution in [2.75, 3.05) is 0 Å². The highest BCUT2D eigenvalue weighted by molar-refractivity contribution is 5.85. The molecule has 3 nitrogen and oxygen atoms in total. The van der Waals surface area contributed by atoms with Gasteiger partial charge in [0.15, 0.2) is 0 Å². The molecule has 2 rings (SSSR count). The second-order valence-corrected chi connectivity index (χ2v) is 4.92. The van der Waals surface area contributed by atoms with Crippen LogP contribution in [0.2, 0.25) is 0 Å². The van der Waals surface area contributed by atoms with Gasteiger partial charge in [-0.2, -0.15) is 5.26 Å². The first-order valence-corrected chi connectivity index (χ1v) is 6.50. The molecule has 0 bridgehead atoms. The quantitative estimate of drug-likeness (QED) is 0.886. The van der Waals surface area contributed by atoms with Gasteiger partial charge in [0, 0.05) is 6.54 Å². The SMILES string of the molecule is N#CC1(C(=O)NCc2ccccc2)CCCCC1. The van der Waals surface area contributed by atoms with Crippen molar-refractivity contribution >= 4 is 5.91 Å². The minimum atomic E-state index is -0.785. The molecule has 1 aliphatic rings. The Bertz CT molecular complexity index is 441. The summed E-state index contributed by atoms with van der Waals surface area (Å²) in [6.07, 6.45) is 4.49. The molecule has 1 aromatic rings. The Balaban J connectivity index is 1.97. The number of carbonyl (C=O) groups is 1. The molecule has 0 aromatic heterocycles. The molecule has 1 amide bonds. The highest BCUT2D eigenvalue weighted by Crippen LogP contribution is 2.35. The van der Waals surface area contributed by atoms with E-state index in [0.29, 0.717) is 19.4 Å². The maximum atomic E-state index is 12.2. The molecule has 18 heavy (non-hydrogen) atoms. The van der Waals surface area contributed by atoms with E-state index in [0.717, 1.165) is 24.8 Å². The van der Waals surface area contributed by atoms with Crippen molar-refractivity contribution in [2.24, 2.45) is 5.41 Å².